The summed E-state index contributed by atoms with van der Waals surface area (Å²) in [6, 6.07) is -0.489. The summed E-state index contributed by atoms with van der Waals surface area (Å²) < 4.78 is 0. The van der Waals surface area contributed by atoms with Gasteiger partial charge in [0, 0.05) is 26.2 Å². The first kappa shape index (κ1) is 15.1. The molecular weight excluding hydrogens is 256 g/mol. The Hall–Kier alpha value is -1.30. The largest absolute Gasteiger partial charge is 0.352 e. The van der Waals surface area contributed by atoms with E-state index in [2.05, 4.69) is 17.6 Å². The van der Waals surface area contributed by atoms with E-state index in [4.69, 9.17) is 5.73 Å². The van der Waals surface area contributed by atoms with E-state index >= 15 is 0 Å². The summed E-state index contributed by atoms with van der Waals surface area (Å²) >= 11 is 0. The highest BCUT2D eigenvalue weighted by Gasteiger charge is 2.39. The van der Waals surface area contributed by atoms with Crippen molar-refractivity contribution in [1.82, 2.24) is 15.5 Å². The number of amides is 3. The molecule has 0 aromatic heterocycles. The van der Waals surface area contributed by atoms with Crippen LogP contribution in [0.3, 0.4) is 0 Å². The molecule has 3 amide bonds. The summed E-state index contributed by atoms with van der Waals surface area (Å²) in [6.07, 6.45) is 4.06. The van der Waals surface area contributed by atoms with Gasteiger partial charge in [-0.25, -0.2) is 4.79 Å². The number of carbonyl (C=O) groups is 2. The van der Waals surface area contributed by atoms with Crippen molar-refractivity contribution in [3.63, 3.8) is 0 Å². The van der Waals surface area contributed by atoms with Crippen LogP contribution in [0.15, 0.2) is 0 Å². The number of piperidine rings is 2. The second-order valence-electron chi connectivity index (χ2n) is 6.35. The van der Waals surface area contributed by atoms with Gasteiger partial charge in [-0.2, -0.15) is 0 Å². The van der Waals surface area contributed by atoms with Crippen molar-refractivity contribution in [2.75, 3.05) is 32.7 Å². The van der Waals surface area contributed by atoms with Crippen molar-refractivity contribution < 1.29 is 9.59 Å². The molecule has 2 atom stereocenters. The van der Waals surface area contributed by atoms with Gasteiger partial charge in [0.2, 0.25) is 5.91 Å². The Morgan fingerprint density at radius 1 is 1.45 bits per heavy atom. The molecule has 0 bridgehead atoms. The fourth-order valence-electron chi connectivity index (χ4n) is 3.28. The highest BCUT2D eigenvalue weighted by molar-refractivity contribution is 5.83. The zero-order chi connectivity index (χ0) is 14.6. The maximum Gasteiger partial charge on any atom is 0.312 e. The van der Waals surface area contributed by atoms with Crippen molar-refractivity contribution in [2.24, 2.45) is 17.1 Å². The third-order valence-corrected chi connectivity index (χ3v) is 4.48. The Morgan fingerprint density at radius 3 is 2.90 bits per heavy atom. The first-order valence-corrected chi connectivity index (χ1v) is 7.55. The molecule has 0 saturated carbocycles. The predicted octanol–water partition coefficient (Wildman–Crippen LogP) is 0.283. The summed E-state index contributed by atoms with van der Waals surface area (Å²) in [6.45, 7) is 5.97. The Bertz CT molecular complexity index is 366. The third-order valence-electron chi connectivity index (χ3n) is 4.48. The lowest BCUT2D eigenvalue weighted by atomic mass is 9.80. The fraction of sp³-hybridized carbons (Fsp3) is 0.857. The molecule has 6 nitrogen and oxygen atoms in total. The molecule has 0 aliphatic carbocycles. The first-order chi connectivity index (χ1) is 9.51. The van der Waals surface area contributed by atoms with Gasteiger partial charge in [0.05, 0.1) is 5.41 Å². The quantitative estimate of drug-likeness (QED) is 0.695. The van der Waals surface area contributed by atoms with E-state index in [9.17, 15) is 9.59 Å². The molecule has 2 aliphatic heterocycles. The molecule has 2 unspecified atom stereocenters. The number of hydrogen-bond acceptors (Lipinski definition) is 3. The van der Waals surface area contributed by atoms with Crippen molar-refractivity contribution in [3.8, 4) is 0 Å². The van der Waals surface area contributed by atoms with Crippen LogP contribution in [0.5, 0.6) is 0 Å². The normalized spacial score (nSPS) is 30.9. The number of nitrogens with two attached hydrogens (primary N) is 1. The Kier molecular flexibility index (Phi) is 4.86. The van der Waals surface area contributed by atoms with Gasteiger partial charge in [0.1, 0.15) is 0 Å². The smallest absolute Gasteiger partial charge is 0.312 e. The minimum atomic E-state index is -0.489. The minimum Gasteiger partial charge on any atom is -0.352 e. The zero-order valence-corrected chi connectivity index (χ0v) is 12.3. The number of rotatable bonds is 3. The van der Waals surface area contributed by atoms with Crippen LogP contribution in [-0.4, -0.2) is 49.6 Å². The van der Waals surface area contributed by atoms with Gasteiger partial charge in [-0.3, -0.25) is 4.79 Å². The van der Waals surface area contributed by atoms with E-state index in [0.29, 0.717) is 12.5 Å². The van der Waals surface area contributed by atoms with E-state index < -0.39 is 6.03 Å². The van der Waals surface area contributed by atoms with Crippen molar-refractivity contribution >= 4 is 11.9 Å². The molecular formula is C14H26N4O2. The summed E-state index contributed by atoms with van der Waals surface area (Å²) in [5.41, 5.74) is 4.84. The molecule has 114 valence electrons. The molecule has 2 aliphatic rings. The number of urea groups is 1. The maximum atomic E-state index is 12.7. The molecule has 4 N–H and O–H groups in total. The lowest BCUT2D eigenvalue weighted by Crippen LogP contribution is -2.53. The molecule has 2 rings (SSSR count). The summed E-state index contributed by atoms with van der Waals surface area (Å²) in [5.74, 6) is 0.578. The zero-order valence-electron chi connectivity index (χ0n) is 12.3. The average molecular weight is 282 g/mol. The van der Waals surface area contributed by atoms with Crippen molar-refractivity contribution in [2.45, 2.75) is 32.6 Å². The van der Waals surface area contributed by atoms with Crippen LogP contribution in [0, 0.1) is 11.3 Å². The number of nitrogens with one attached hydrogen (secondary N) is 2. The van der Waals surface area contributed by atoms with Gasteiger partial charge in [-0.15, -0.1) is 0 Å². The summed E-state index contributed by atoms with van der Waals surface area (Å²) in [4.78, 5) is 25.5. The van der Waals surface area contributed by atoms with Gasteiger partial charge >= 0.3 is 6.03 Å². The summed E-state index contributed by atoms with van der Waals surface area (Å²) in [5, 5.41) is 5.98. The van der Waals surface area contributed by atoms with E-state index in [1.165, 1.54) is 0 Å². The van der Waals surface area contributed by atoms with Crippen LogP contribution in [0.4, 0.5) is 4.79 Å². The van der Waals surface area contributed by atoms with Crippen molar-refractivity contribution in [1.29, 1.82) is 0 Å². The number of hydrogen-bond donors (Lipinski definition) is 3. The predicted molar refractivity (Wildman–Crippen MR) is 77.1 cm³/mol. The van der Waals surface area contributed by atoms with Crippen molar-refractivity contribution in [3.05, 3.63) is 0 Å². The first-order valence-electron chi connectivity index (χ1n) is 7.55. The molecule has 20 heavy (non-hydrogen) atoms. The maximum absolute atomic E-state index is 12.7. The van der Waals surface area contributed by atoms with E-state index in [1.54, 1.807) is 0 Å². The number of likely N-dealkylation sites (tertiary alicyclic amines) is 1. The second kappa shape index (κ2) is 6.43. The standard InChI is InChI=1S/C14H26N4O2/c1-14(5-3-6-16-10-14)12(19)18-7-2-4-11(9-18)8-17-13(15)20/h11,16H,2-10H2,1H3,(H3,15,17,20). The fourth-order valence-corrected chi connectivity index (χ4v) is 3.28. The lowest BCUT2D eigenvalue weighted by molar-refractivity contribution is -0.144. The molecule has 2 heterocycles. The molecule has 6 heteroatoms. The average Bonchev–Trinajstić information content (AvgIpc) is 2.45. The van der Waals surface area contributed by atoms with Gasteiger partial charge in [-0.1, -0.05) is 0 Å². The van der Waals surface area contributed by atoms with Gasteiger partial charge in [0.15, 0.2) is 0 Å². The Labute approximate surface area is 120 Å². The van der Waals surface area contributed by atoms with Crippen LogP contribution in [0.1, 0.15) is 32.6 Å². The Morgan fingerprint density at radius 2 is 2.25 bits per heavy atom. The lowest BCUT2D eigenvalue weighted by Gasteiger charge is -2.40. The number of carbonyl (C=O) groups excluding carboxylic acids is 2. The van der Waals surface area contributed by atoms with Gasteiger partial charge in [-0.05, 0) is 45.1 Å². The van der Waals surface area contributed by atoms with Gasteiger partial charge in [0.25, 0.3) is 0 Å². The van der Waals surface area contributed by atoms with Crippen LogP contribution in [-0.2, 0) is 4.79 Å². The molecule has 0 radical (unpaired) electrons. The summed E-state index contributed by atoms with van der Waals surface area (Å²) in [7, 11) is 0. The SMILES string of the molecule is CC1(C(=O)N2CCCC(CNC(N)=O)C2)CCCNC1. The van der Waals surface area contributed by atoms with Gasteiger partial charge < -0.3 is 21.3 Å². The highest BCUT2D eigenvalue weighted by Crippen LogP contribution is 2.30. The number of primary amides is 1. The van der Waals surface area contributed by atoms with Crippen LogP contribution < -0.4 is 16.4 Å². The minimum absolute atomic E-state index is 0.258. The van der Waals surface area contributed by atoms with Crippen LogP contribution in [0.25, 0.3) is 0 Å². The highest BCUT2D eigenvalue weighted by atomic mass is 16.2. The third kappa shape index (κ3) is 3.62. The van der Waals surface area contributed by atoms with E-state index in [0.717, 1.165) is 51.9 Å². The molecule has 0 aromatic rings. The van der Waals surface area contributed by atoms with E-state index in [-0.39, 0.29) is 11.3 Å². The molecule has 2 saturated heterocycles. The molecule has 0 spiro atoms. The Balaban J connectivity index is 1.90. The second-order valence-corrected chi connectivity index (χ2v) is 6.35. The topological polar surface area (TPSA) is 87.5 Å². The van der Waals surface area contributed by atoms with Crippen LogP contribution >= 0.6 is 0 Å². The monoisotopic (exact) mass is 282 g/mol. The number of nitrogens with zero attached hydrogens (tertiary/aromatic N) is 1. The van der Waals surface area contributed by atoms with Crippen LogP contribution in [0.2, 0.25) is 0 Å². The van der Waals surface area contributed by atoms with E-state index in [1.807, 2.05) is 4.90 Å². The molecule has 0 aromatic carbocycles. The molecule has 2 fully saturated rings.